The van der Waals surface area contributed by atoms with Crippen LogP contribution in [0.15, 0.2) is 15.9 Å². The Morgan fingerprint density at radius 1 is 1.35 bits per heavy atom. The predicted molar refractivity (Wildman–Crippen MR) is 64.0 cm³/mol. The molecule has 1 saturated heterocycles. The Bertz CT molecular complexity index is 748. The molecule has 4 atom stereocenters. The van der Waals surface area contributed by atoms with Gasteiger partial charge in [-0.2, -0.15) is 0 Å². The molecule has 0 saturated carbocycles. The number of aliphatic hydroxyl groups is 3. The van der Waals surface area contributed by atoms with Crippen LogP contribution in [0.1, 0.15) is 6.23 Å². The van der Waals surface area contributed by atoms with Crippen molar-refractivity contribution in [1.82, 2.24) is 19.5 Å². The van der Waals surface area contributed by atoms with Crippen LogP contribution in [-0.4, -0.2) is 59.8 Å². The maximum Gasteiger partial charge on any atom is 0.332 e. The molecule has 108 valence electrons. The number of hydrogen-bond acceptors (Lipinski definition) is 7. The molecule has 1 aliphatic heterocycles. The first-order valence-corrected chi connectivity index (χ1v) is 5.85. The number of aromatic amines is 2. The Morgan fingerprint density at radius 3 is 2.75 bits per heavy atom. The van der Waals surface area contributed by atoms with Crippen molar-refractivity contribution in [3.8, 4) is 0 Å². The molecule has 0 aromatic carbocycles. The molecular weight excluding hydrogens is 272 g/mol. The Hall–Kier alpha value is -2.01. The molecule has 5 N–H and O–H groups in total. The topological polar surface area (TPSA) is 153 Å². The zero-order valence-corrected chi connectivity index (χ0v) is 10.1. The van der Waals surface area contributed by atoms with Gasteiger partial charge in [-0.1, -0.05) is 0 Å². The predicted octanol–water partition coefficient (Wildman–Crippen LogP) is -2.98. The van der Waals surface area contributed by atoms with Crippen molar-refractivity contribution in [2.75, 3.05) is 6.61 Å². The number of imidazole rings is 1. The smallest absolute Gasteiger partial charge is 0.332 e. The maximum absolute atomic E-state index is 11.9. The fourth-order valence-corrected chi connectivity index (χ4v) is 2.28. The second-order valence-electron chi connectivity index (χ2n) is 4.46. The van der Waals surface area contributed by atoms with Crippen LogP contribution in [-0.2, 0) is 4.74 Å². The van der Waals surface area contributed by atoms with Crippen LogP contribution in [0.5, 0.6) is 0 Å². The van der Waals surface area contributed by atoms with E-state index in [0.29, 0.717) is 0 Å². The summed E-state index contributed by atoms with van der Waals surface area (Å²) in [6, 6.07) is 0. The molecule has 3 heterocycles. The summed E-state index contributed by atoms with van der Waals surface area (Å²) in [4.78, 5) is 31.9. The van der Waals surface area contributed by atoms with E-state index in [9.17, 15) is 19.8 Å². The van der Waals surface area contributed by atoms with Gasteiger partial charge in [0.25, 0.3) is 5.56 Å². The lowest BCUT2D eigenvalue weighted by Gasteiger charge is -2.17. The number of nitrogens with zero attached hydrogens (tertiary/aromatic N) is 2. The van der Waals surface area contributed by atoms with Gasteiger partial charge in [-0.15, -0.1) is 0 Å². The van der Waals surface area contributed by atoms with Crippen LogP contribution >= 0.6 is 0 Å². The molecule has 0 aliphatic carbocycles. The molecule has 1 unspecified atom stereocenters. The molecule has 0 radical (unpaired) electrons. The molecular formula is C10H12N4O6. The van der Waals surface area contributed by atoms with Gasteiger partial charge in [-0.05, 0) is 0 Å². The molecule has 10 nitrogen and oxygen atoms in total. The van der Waals surface area contributed by atoms with Gasteiger partial charge in [0.1, 0.15) is 23.8 Å². The van der Waals surface area contributed by atoms with Crippen molar-refractivity contribution < 1.29 is 20.1 Å². The van der Waals surface area contributed by atoms with Gasteiger partial charge in [-0.25, -0.2) is 14.3 Å². The van der Waals surface area contributed by atoms with Gasteiger partial charge in [0, 0.05) is 0 Å². The number of ether oxygens (including phenoxy) is 1. The zero-order chi connectivity index (χ0) is 14.4. The zero-order valence-electron chi connectivity index (χ0n) is 10.1. The largest absolute Gasteiger partial charge is 0.394 e. The summed E-state index contributed by atoms with van der Waals surface area (Å²) in [5.74, 6) is 0. The van der Waals surface area contributed by atoms with Crippen LogP contribution in [0.25, 0.3) is 11.2 Å². The molecule has 0 spiro atoms. The lowest BCUT2D eigenvalue weighted by molar-refractivity contribution is -0.0530. The minimum Gasteiger partial charge on any atom is -0.394 e. The standard InChI is InChI=1S/C10H12N4O6/c15-1-3-5(16)6(17)9(20-3)14-7-4(11-2-12-7)8(18)13-10(14)19/h2-3,5-6,9,15-17H,1H2,(H,11,12)(H,13,18,19)/t3?,5-,6-,9-/m1/s1. The van der Waals surface area contributed by atoms with Crippen molar-refractivity contribution in [2.24, 2.45) is 0 Å². The minimum absolute atomic E-state index is 0.00594. The fraction of sp³-hybridized carbons (Fsp3) is 0.500. The van der Waals surface area contributed by atoms with Gasteiger partial charge in [0.05, 0.1) is 12.9 Å². The maximum atomic E-state index is 11.9. The van der Waals surface area contributed by atoms with Crippen molar-refractivity contribution in [3.63, 3.8) is 0 Å². The van der Waals surface area contributed by atoms with Gasteiger partial charge in [-0.3, -0.25) is 9.78 Å². The fourth-order valence-electron chi connectivity index (χ4n) is 2.28. The van der Waals surface area contributed by atoms with E-state index in [-0.39, 0.29) is 11.2 Å². The summed E-state index contributed by atoms with van der Waals surface area (Å²) < 4.78 is 6.18. The van der Waals surface area contributed by atoms with Crippen LogP contribution in [0.2, 0.25) is 0 Å². The highest BCUT2D eigenvalue weighted by atomic mass is 16.6. The first-order chi connectivity index (χ1) is 9.54. The van der Waals surface area contributed by atoms with Crippen LogP contribution < -0.4 is 11.2 Å². The number of hydrogen-bond donors (Lipinski definition) is 5. The number of H-pyrrole nitrogens is 2. The highest BCUT2D eigenvalue weighted by Crippen LogP contribution is 2.29. The second-order valence-corrected chi connectivity index (χ2v) is 4.46. The van der Waals surface area contributed by atoms with E-state index in [2.05, 4.69) is 15.0 Å². The Morgan fingerprint density at radius 2 is 2.10 bits per heavy atom. The summed E-state index contributed by atoms with van der Waals surface area (Å²) in [6.07, 6.45) is -3.84. The third-order valence-corrected chi connectivity index (χ3v) is 3.29. The third-order valence-electron chi connectivity index (χ3n) is 3.29. The average molecular weight is 284 g/mol. The number of aromatic nitrogens is 4. The summed E-state index contributed by atoms with van der Waals surface area (Å²) in [5.41, 5.74) is -1.44. The number of nitrogens with one attached hydrogen (secondary N) is 2. The normalized spacial score (nSPS) is 30.1. The summed E-state index contributed by atoms with van der Waals surface area (Å²) in [5, 5.41) is 28.7. The first kappa shape index (κ1) is 13.0. The summed E-state index contributed by atoms with van der Waals surface area (Å²) in [6.45, 7) is -0.517. The molecule has 3 rings (SSSR count). The second kappa shape index (κ2) is 4.52. The Labute approximate surface area is 110 Å². The van der Waals surface area contributed by atoms with E-state index in [1.54, 1.807) is 0 Å². The molecule has 1 fully saturated rings. The van der Waals surface area contributed by atoms with Crippen LogP contribution in [0.4, 0.5) is 0 Å². The molecule has 0 bridgehead atoms. The number of rotatable bonds is 2. The average Bonchev–Trinajstić information content (AvgIpc) is 2.99. The monoisotopic (exact) mass is 284 g/mol. The van der Waals surface area contributed by atoms with Crippen molar-refractivity contribution in [2.45, 2.75) is 24.5 Å². The van der Waals surface area contributed by atoms with E-state index < -0.39 is 42.4 Å². The molecule has 10 heteroatoms. The molecule has 0 amide bonds. The minimum atomic E-state index is -1.43. The Kier molecular flexibility index (Phi) is 2.94. The van der Waals surface area contributed by atoms with E-state index in [1.807, 2.05) is 0 Å². The van der Waals surface area contributed by atoms with Crippen LogP contribution in [0, 0.1) is 0 Å². The van der Waals surface area contributed by atoms with Crippen molar-refractivity contribution >= 4 is 11.2 Å². The van der Waals surface area contributed by atoms with Gasteiger partial charge in [0.2, 0.25) is 0 Å². The first-order valence-electron chi connectivity index (χ1n) is 5.85. The number of fused-ring (bicyclic) bond motifs is 1. The lowest BCUT2D eigenvalue weighted by atomic mass is 10.1. The molecule has 1 aliphatic rings. The van der Waals surface area contributed by atoms with Crippen molar-refractivity contribution in [1.29, 1.82) is 0 Å². The lowest BCUT2D eigenvalue weighted by Crippen LogP contribution is -2.38. The summed E-state index contributed by atoms with van der Waals surface area (Å²) in [7, 11) is 0. The third kappa shape index (κ3) is 1.70. The van der Waals surface area contributed by atoms with E-state index in [1.165, 1.54) is 6.33 Å². The SMILES string of the molecule is O=c1[nH]c(=O)n([C@@H]2OC(CO)[C@@H](O)[C@H]2O)c2nc[nH]c12. The highest BCUT2D eigenvalue weighted by Gasteiger charge is 2.44. The Balaban J connectivity index is 2.18. The highest BCUT2D eigenvalue weighted by molar-refractivity contribution is 5.68. The van der Waals surface area contributed by atoms with Gasteiger partial charge >= 0.3 is 5.69 Å². The van der Waals surface area contributed by atoms with E-state index in [4.69, 9.17) is 9.84 Å². The van der Waals surface area contributed by atoms with E-state index >= 15 is 0 Å². The van der Waals surface area contributed by atoms with Gasteiger partial charge < -0.3 is 25.0 Å². The van der Waals surface area contributed by atoms with Crippen LogP contribution in [0.3, 0.4) is 0 Å². The van der Waals surface area contributed by atoms with Gasteiger partial charge in [0.15, 0.2) is 11.9 Å². The molecule has 2 aromatic rings. The molecule has 2 aromatic heterocycles. The van der Waals surface area contributed by atoms with Crippen molar-refractivity contribution in [3.05, 3.63) is 27.2 Å². The van der Waals surface area contributed by atoms with E-state index in [0.717, 1.165) is 4.57 Å². The molecule has 20 heavy (non-hydrogen) atoms. The quantitative estimate of drug-likeness (QED) is 0.394. The number of aliphatic hydroxyl groups excluding tert-OH is 3. The summed E-state index contributed by atoms with van der Waals surface area (Å²) >= 11 is 0.